The van der Waals surface area contributed by atoms with Gasteiger partial charge in [-0.3, -0.25) is 9.78 Å². The highest BCUT2D eigenvalue weighted by Crippen LogP contribution is 2.20. The normalized spacial score (nSPS) is 10.2. The van der Waals surface area contributed by atoms with Crippen molar-refractivity contribution in [1.82, 2.24) is 10.3 Å². The van der Waals surface area contributed by atoms with Crippen LogP contribution in [0.2, 0.25) is 0 Å². The number of carbonyl (C=O) groups excluding carboxylic acids is 1. The smallest absolute Gasteiger partial charge is 0.319 e. The van der Waals surface area contributed by atoms with Gasteiger partial charge in [-0.2, -0.15) is 0 Å². The number of nitrogens with one attached hydrogen (secondary N) is 2. The number of nitrogens with zero attached hydrogens (tertiary/aromatic N) is 1. The summed E-state index contributed by atoms with van der Waals surface area (Å²) in [6.07, 6.45) is 2.14. The van der Waals surface area contributed by atoms with Crippen LogP contribution >= 0.6 is 0 Å². The van der Waals surface area contributed by atoms with E-state index in [2.05, 4.69) is 15.6 Å². The Morgan fingerprint density at radius 1 is 1.20 bits per heavy atom. The second-order valence-corrected chi connectivity index (χ2v) is 4.25. The number of hydrogen-bond donors (Lipinski definition) is 3. The van der Waals surface area contributed by atoms with Crippen LogP contribution in [0.4, 0.5) is 10.5 Å². The first-order chi connectivity index (χ1) is 9.66. The molecule has 2 amide bonds. The number of aromatic nitrogens is 1. The van der Waals surface area contributed by atoms with Gasteiger partial charge in [0.2, 0.25) is 0 Å². The molecule has 0 fully saturated rings. The molecule has 6 heteroatoms. The Hall–Kier alpha value is -2.63. The molecular formula is C14H15N3O3. The Morgan fingerprint density at radius 3 is 2.85 bits per heavy atom. The van der Waals surface area contributed by atoms with Crippen molar-refractivity contribution in [3.63, 3.8) is 0 Å². The minimum atomic E-state index is -0.868. The van der Waals surface area contributed by atoms with Crippen molar-refractivity contribution < 1.29 is 14.7 Å². The summed E-state index contributed by atoms with van der Waals surface area (Å²) in [4.78, 5) is 26.3. The maximum atomic E-state index is 11.7. The average Bonchev–Trinajstić information content (AvgIpc) is 2.44. The third kappa shape index (κ3) is 3.68. The molecule has 0 saturated carbocycles. The molecule has 0 saturated heterocycles. The van der Waals surface area contributed by atoms with Crippen molar-refractivity contribution in [2.24, 2.45) is 0 Å². The summed E-state index contributed by atoms with van der Waals surface area (Å²) in [6, 6.07) is 8.80. The largest absolute Gasteiger partial charge is 0.481 e. The average molecular weight is 273 g/mol. The first kappa shape index (κ1) is 13.8. The summed E-state index contributed by atoms with van der Waals surface area (Å²) in [5, 5.41) is 14.7. The summed E-state index contributed by atoms with van der Waals surface area (Å²) in [6.45, 7) is 0.321. The molecule has 20 heavy (non-hydrogen) atoms. The van der Waals surface area contributed by atoms with Gasteiger partial charge in [-0.15, -0.1) is 0 Å². The number of anilines is 1. The molecule has 0 aliphatic rings. The van der Waals surface area contributed by atoms with Crippen LogP contribution in [-0.4, -0.2) is 28.6 Å². The molecule has 3 N–H and O–H groups in total. The Morgan fingerprint density at radius 2 is 2.05 bits per heavy atom. The highest BCUT2D eigenvalue weighted by molar-refractivity contribution is 6.00. The van der Waals surface area contributed by atoms with Gasteiger partial charge in [-0.05, 0) is 30.7 Å². The third-order valence-electron chi connectivity index (χ3n) is 2.75. The van der Waals surface area contributed by atoms with Gasteiger partial charge in [0.1, 0.15) is 0 Å². The van der Waals surface area contributed by atoms with E-state index in [9.17, 15) is 9.59 Å². The lowest BCUT2D eigenvalue weighted by molar-refractivity contribution is -0.137. The minimum Gasteiger partial charge on any atom is -0.481 e. The van der Waals surface area contributed by atoms with Crippen LogP contribution in [0.3, 0.4) is 0 Å². The fraction of sp³-hybridized carbons (Fsp3) is 0.214. The predicted octanol–water partition coefficient (Wildman–Crippen LogP) is 2.22. The number of carboxylic acids is 1. The molecule has 2 rings (SSSR count). The minimum absolute atomic E-state index is 0.0401. The van der Waals surface area contributed by atoms with Crippen molar-refractivity contribution >= 4 is 28.6 Å². The summed E-state index contributed by atoms with van der Waals surface area (Å²) in [7, 11) is 0. The number of hydrogen-bond acceptors (Lipinski definition) is 3. The molecule has 0 aliphatic heterocycles. The molecule has 2 aromatic rings. The van der Waals surface area contributed by atoms with E-state index in [1.165, 1.54) is 0 Å². The zero-order valence-corrected chi connectivity index (χ0v) is 10.8. The monoisotopic (exact) mass is 273 g/mol. The molecule has 1 aromatic heterocycles. The lowest BCUT2D eigenvalue weighted by atomic mass is 10.2. The molecule has 1 aromatic carbocycles. The number of aliphatic carboxylic acids is 1. The number of rotatable bonds is 5. The SMILES string of the molecule is O=C(O)CCCNC(=O)Nc1cccc2ncccc12. The molecule has 104 valence electrons. The van der Waals surface area contributed by atoms with Crippen LogP contribution in [-0.2, 0) is 4.79 Å². The van der Waals surface area contributed by atoms with Crippen LogP contribution in [0, 0.1) is 0 Å². The van der Waals surface area contributed by atoms with Crippen molar-refractivity contribution in [3.8, 4) is 0 Å². The number of pyridine rings is 1. The second kappa shape index (κ2) is 6.51. The fourth-order valence-corrected chi connectivity index (χ4v) is 1.82. The summed E-state index contributed by atoms with van der Waals surface area (Å²) >= 11 is 0. The lowest BCUT2D eigenvalue weighted by Gasteiger charge is -2.09. The van der Waals surface area contributed by atoms with E-state index in [1.807, 2.05) is 18.2 Å². The van der Waals surface area contributed by atoms with Crippen LogP contribution in [0.5, 0.6) is 0 Å². The van der Waals surface area contributed by atoms with Crippen molar-refractivity contribution in [2.75, 3.05) is 11.9 Å². The first-order valence-electron chi connectivity index (χ1n) is 6.27. The van der Waals surface area contributed by atoms with Crippen LogP contribution in [0.25, 0.3) is 10.9 Å². The van der Waals surface area contributed by atoms with Crippen LogP contribution < -0.4 is 10.6 Å². The van der Waals surface area contributed by atoms with Gasteiger partial charge in [-0.1, -0.05) is 6.07 Å². The highest BCUT2D eigenvalue weighted by Gasteiger charge is 2.05. The topological polar surface area (TPSA) is 91.3 Å². The van der Waals surface area contributed by atoms with Gasteiger partial charge < -0.3 is 15.7 Å². The van der Waals surface area contributed by atoms with Crippen LogP contribution in [0.1, 0.15) is 12.8 Å². The van der Waals surface area contributed by atoms with Crippen molar-refractivity contribution in [1.29, 1.82) is 0 Å². The Labute approximate surface area is 115 Å². The van der Waals surface area contributed by atoms with Gasteiger partial charge in [0.15, 0.2) is 0 Å². The molecule has 1 heterocycles. The molecular weight excluding hydrogens is 258 g/mol. The Balaban J connectivity index is 1.94. The molecule has 0 unspecified atom stereocenters. The summed E-state index contributed by atoms with van der Waals surface area (Å²) in [5.74, 6) is -0.868. The van der Waals surface area contributed by atoms with E-state index in [0.29, 0.717) is 18.7 Å². The van der Waals surface area contributed by atoms with Gasteiger partial charge >= 0.3 is 12.0 Å². The zero-order valence-electron chi connectivity index (χ0n) is 10.8. The van der Waals surface area contributed by atoms with E-state index in [1.54, 1.807) is 18.3 Å². The van der Waals surface area contributed by atoms with E-state index >= 15 is 0 Å². The first-order valence-corrected chi connectivity index (χ1v) is 6.27. The number of urea groups is 1. The van der Waals surface area contributed by atoms with E-state index < -0.39 is 5.97 Å². The number of carboxylic acid groups (broad SMARTS) is 1. The number of fused-ring (bicyclic) bond motifs is 1. The van der Waals surface area contributed by atoms with Gasteiger partial charge in [0.25, 0.3) is 0 Å². The molecule has 0 aliphatic carbocycles. The lowest BCUT2D eigenvalue weighted by Crippen LogP contribution is -2.29. The zero-order chi connectivity index (χ0) is 14.4. The Kier molecular flexibility index (Phi) is 4.49. The fourth-order valence-electron chi connectivity index (χ4n) is 1.82. The number of amides is 2. The van der Waals surface area contributed by atoms with Gasteiger partial charge in [-0.25, -0.2) is 4.79 Å². The molecule has 0 bridgehead atoms. The maximum absolute atomic E-state index is 11.7. The maximum Gasteiger partial charge on any atom is 0.319 e. The number of benzene rings is 1. The van der Waals surface area contributed by atoms with E-state index in [0.717, 1.165) is 10.9 Å². The Bertz CT molecular complexity index is 623. The molecule has 6 nitrogen and oxygen atoms in total. The standard InChI is InChI=1S/C14H15N3O3/c18-13(19)7-3-9-16-14(20)17-12-6-1-5-11-10(12)4-2-8-15-11/h1-2,4-6,8H,3,7,9H2,(H,18,19)(H2,16,17,20). The highest BCUT2D eigenvalue weighted by atomic mass is 16.4. The summed E-state index contributed by atoms with van der Waals surface area (Å²) < 4.78 is 0. The van der Waals surface area contributed by atoms with Gasteiger partial charge in [0, 0.05) is 24.5 Å². The molecule has 0 radical (unpaired) electrons. The van der Waals surface area contributed by atoms with Crippen LogP contribution in [0.15, 0.2) is 36.5 Å². The molecule has 0 atom stereocenters. The number of carbonyl (C=O) groups is 2. The van der Waals surface area contributed by atoms with Crippen molar-refractivity contribution in [2.45, 2.75) is 12.8 Å². The third-order valence-corrected chi connectivity index (χ3v) is 2.75. The van der Waals surface area contributed by atoms with Crippen molar-refractivity contribution in [3.05, 3.63) is 36.5 Å². The summed E-state index contributed by atoms with van der Waals surface area (Å²) in [5.41, 5.74) is 1.47. The predicted molar refractivity (Wildman–Crippen MR) is 75.6 cm³/mol. The van der Waals surface area contributed by atoms with E-state index in [-0.39, 0.29) is 12.5 Å². The van der Waals surface area contributed by atoms with Gasteiger partial charge in [0.05, 0.1) is 11.2 Å². The quantitative estimate of drug-likeness (QED) is 0.728. The molecule has 0 spiro atoms. The van der Waals surface area contributed by atoms with E-state index in [4.69, 9.17) is 5.11 Å². The second-order valence-electron chi connectivity index (χ2n) is 4.25.